The molecule has 0 saturated carbocycles. The molecule has 0 aliphatic carbocycles. The van der Waals surface area contributed by atoms with Crippen molar-refractivity contribution in [2.75, 3.05) is 42.6 Å². The zero-order chi connectivity index (χ0) is 18.8. The van der Waals surface area contributed by atoms with E-state index in [1.807, 2.05) is 9.80 Å². The minimum absolute atomic E-state index is 0.177. The van der Waals surface area contributed by atoms with Gasteiger partial charge in [-0.1, -0.05) is 0 Å². The van der Waals surface area contributed by atoms with E-state index in [-0.39, 0.29) is 23.7 Å². The highest BCUT2D eigenvalue weighted by atomic mass is 16.5. The summed E-state index contributed by atoms with van der Waals surface area (Å²) in [5, 5.41) is 0. The summed E-state index contributed by atoms with van der Waals surface area (Å²) in [4.78, 5) is 51.5. The van der Waals surface area contributed by atoms with E-state index in [0.29, 0.717) is 57.0 Å². The zero-order valence-electron chi connectivity index (χ0n) is 15.0. The van der Waals surface area contributed by atoms with Crippen LogP contribution in [-0.2, 0) is 14.3 Å². The second-order valence-corrected chi connectivity index (χ2v) is 7.06. The molecule has 8 heteroatoms. The molecule has 26 heavy (non-hydrogen) atoms. The van der Waals surface area contributed by atoms with Crippen LogP contribution in [0.3, 0.4) is 0 Å². The van der Waals surface area contributed by atoms with Gasteiger partial charge in [-0.2, -0.15) is 0 Å². The number of nitrogens with zero attached hydrogens (tertiary/aromatic N) is 2. The first-order valence-corrected chi connectivity index (χ1v) is 9.23. The largest absolute Gasteiger partial charge is 0.466 e. The minimum atomic E-state index is -0.485. The Morgan fingerprint density at radius 2 is 1.62 bits per heavy atom. The quantitative estimate of drug-likeness (QED) is 0.568. The highest BCUT2D eigenvalue weighted by molar-refractivity contribution is 5.80. The fourth-order valence-corrected chi connectivity index (χ4v) is 3.97. The molecule has 1 amide bonds. The van der Waals surface area contributed by atoms with Gasteiger partial charge in [-0.15, -0.1) is 0 Å². The number of hydrogen-bond donors (Lipinski definition) is 1. The zero-order valence-corrected chi connectivity index (χ0v) is 15.0. The third-order valence-corrected chi connectivity index (χ3v) is 5.43. The molecule has 2 fully saturated rings. The maximum Gasteiger partial charge on any atom is 0.310 e. The van der Waals surface area contributed by atoms with Crippen LogP contribution in [0.2, 0.25) is 0 Å². The van der Waals surface area contributed by atoms with Crippen LogP contribution >= 0.6 is 0 Å². The van der Waals surface area contributed by atoms with Crippen LogP contribution in [0.25, 0.3) is 0 Å². The van der Waals surface area contributed by atoms with Crippen molar-refractivity contribution in [3.8, 4) is 0 Å². The Bertz CT molecular complexity index is 759. The normalized spacial score (nSPS) is 21.8. The van der Waals surface area contributed by atoms with Gasteiger partial charge in [-0.05, 0) is 32.6 Å². The topological polar surface area (TPSA) is 110 Å². The monoisotopic (exact) mass is 363 g/mol. The van der Waals surface area contributed by atoms with Crippen LogP contribution < -0.4 is 26.4 Å². The van der Waals surface area contributed by atoms with Crippen molar-refractivity contribution in [3.63, 3.8) is 0 Å². The molecule has 142 valence electrons. The minimum Gasteiger partial charge on any atom is -0.466 e. The fourth-order valence-electron chi connectivity index (χ4n) is 3.97. The molecule has 2 N–H and O–H groups in total. The van der Waals surface area contributed by atoms with Crippen LogP contribution in [-0.4, -0.2) is 44.7 Å². The molecule has 3 rings (SSSR count). The Morgan fingerprint density at radius 3 is 2.19 bits per heavy atom. The Hall–Kier alpha value is -2.38. The second kappa shape index (κ2) is 7.47. The lowest BCUT2D eigenvalue weighted by Crippen LogP contribution is -2.51. The van der Waals surface area contributed by atoms with E-state index >= 15 is 0 Å². The van der Waals surface area contributed by atoms with Gasteiger partial charge < -0.3 is 20.3 Å². The van der Waals surface area contributed by atoms with Crippen LogP contribution in [0, 0.1) is 11.8 Å². The summed E-state index contributed by atoms with van der Waals surface area (Å²) >= 11 is 0. The number of carbonyl (C=O) groups excluding carboxylic acids is 2. The van der Waals surface area contributed by atoms with Gasteiger partial charge in [-0.3, -0.25) is 19.2 Å². The number of piperidine rings is 2. The molecule has 2 aliphatic heterocycles. The highest BCUT2D eigenvalue weighted by Crippen LogP contribution is 2.31. The number of hydrogen-bond acceptors (Lipinski definition) is 7. The van der Waals surface area contributed by atoms with Crippen molar-refractivity contribution >= 4 is 23.3 Å². The van der Waals surface area contributed by atoms with E-state index in [2.05, 4.69) is 0 Å². The summed E-state index contributed by atoms with van der Waals surface area (Å²) in [7, 11) is 0. The molecule has 2 saturated heterocycles. The summed E-state index contributed by atoms with van der Waals surface area (Å²) in [5.74, 6) is -1.02. The molecule has 1 unspecified atom stereocenters. The molecule has 0 bridgehead atoms. The van der Waals surface area contributed by atoms with Gasteiger partial charge in [0.05, 0.1) is 12.5 Å². The van der Waals surface area contributed by atoms with Crippen LogP contribution in [0.4, 0.5) is 11.4 Å². The smallest absolute Gasteiger partial charge is 0.310 e. The lowest BCUT2D eigenvalue weighted by molar-refractivity contribution is -0.148. The maximum atomic E-state index is 12.2. The van der Waals surface area contributed by atoms with Gasteiger partial charge in [0.25, 0.3) is 10.9 Å². The van der Waals surface area contributed by atoms with E-state index in [1.54, 1.807) is 6.92 Å². The molecule has 0 radical (unpaired) electrons. The highest BCUT2D eigenvalue weighted by Gasteiger charge is 2.36. The van der Waals surface area contributed by atoms with Gasteiger partial charge >= 0.3 is 5.97 Å². The van der Waals surface area contributed by atoms with Crippen LogP contribution in [0.15, 0.2) is 9.59 Å². The van der Waals surface area contributed by atoms with Gasteiger partial charge in [0.1, 0.15) is 11.4 Å². The molecule has 2 heterocycles. The number of esters is 1. The first-order valence-electron chi connectivity index (χ1n) is 9.23. The molecule has 0 spiro atoms. The van der Waals surface area contributed by atoms with E-state index in [4.69, 9.17) is 10.5 Å². The van der Waals surface area contributed by atoms with Crippen LogP contribution in [0.5, 0.6) is 0 Å². The molecule has 1 aromatic rings. The third kappa shape index (κ3) is 3.32. The molecule has 1 aromatic carbocycles. The Morgan fingerprint density at radius 1 is 1.00 bits per heavy atom. The van der Waals surface area contributed by atoms with Crippen molar-refractivity contribution in [2.45, 2.75) is 32.6 Å². The fraction of sp³-hybridized carbons (Fsp3) is 0.667. The maximum absolute atomic E-state index is 12.2. The molecule has 1 atom stereocenters. The standard InChI is InChI=1S/C18H25N3O5/c1-2-26-18(25)12-4-3-7-21(10-12)14-13(15(22)16(14)23)20-8-5-11(6-9-20)17(19)24/h11-12H,2-10H2,1H3,(H2,19,24). The SMILES string of the molecule is CCOC(=O)C1CCCN(c2c(N3CCC(C(N)=O)CC3)c(=O)c2=O)C1. The molecule has 0 aromatic heterocycles. The van der Waals surface area contributed by atoms with E-state index < -0.39 is 10.9 Å². The molecular formula is C18H25N3O5. The number of ether oxygens (including phenoxy) is 1. The Kier molecular flexibility index (Phi) is 5.29. The number of anilines is 2. The number of primary amides is 1. The van der Waals surface area contributed by atoms with Gasteiger partial charge in [0.2, 0.25) is 5.91 Å². The van der Waals surface area contributed by atoms with Crippen molar-refractivity contribution in [3.05, 3.63) is 20.4 Å². The number of amides is 1. The van der Waals surface area contributed by atoms with E-state index in [1.165, 1.54) is 0 Å². The molecule has 8 nitrogen and oxygen atoms in total. The predicted molar refractivity (Wildman–Crippen MR) is 97.1 cm³/mol. The lowest BCUT2D eigenvalue weighted by atomic mass is 9.94. The van der Waals surface area contributed by atoms with Crippen molar-refractivity contribution in [2.24, 2.45) is 17.6 Å². The summed E-state index contributed by atoms with van der Waals surface area (Å²) in [6.45, 7) is 4.19. The van der Waals surface area contributed by atoms with Crippen molar-refractivity contribution in [1.82, 2.24) is 0 Å². The van der Waals surface area contributed by atoms with Gasteiger partial charge in [0, 0.05) is 32.1 Å². The summed E-state index contributed by atoms with van der Waals surface area (Å²) < 4.78 is 5.10. The number of nitrogens with two attached hydrogens (primary N) is 1. The lowest BCUT2D eigenvalue weighted by Gasteiger charge is -2.39. The predicted octanol–water partition coefficient (Wildman–Crippen LogP) is -0.236. The summed E-state index contributed by atoms with van der Waals surface area (Å²) in [6, 6.07) is 0. The first-order chi connectivity index (χ1) is 12.4. The Balaban J connectivity index is 1.75. The average molecular weight is 363 g/mol. The average Bonchev–Trinajstić information content (AvgIpc) is 2.65. The van der Waals surface area contributed by atoms with Crippen LogP contribution in [0.1, 0.15) is 32.6 Å². The van der Waals surface area contributed by atoms with Gasteiger partial charge in [0.15, 0.2) is 0 Å². The summed E-state index contributed by atoms with van der Waals surface area (Å²) in [5.41, 5.74) is 5.24. The Labute approximate surface area is 151 Å². The summed E-state index contributed by atoms with van der Waals surface area (Å²) in [6.07, 6.45) is 2.66. The van der Waals surface area contributed by atoms with E-state index in [9.17, 15) is 19.2 Å². The molecule has 2 aliphatic rings. The second-order valence-electron chi connectivity index (χ2n) is 7.06. The van der Waals surface area contributed by atoms with Gasteiger partial charge in [-0.25, -0.2) is 0 Å². The molecular weight excluding hydrogens is 338 g/mol. The van der Waals surface area contributed by atoms with E-state index in [0.717, 1.165) is 12.8 Å². The third-order valence-electron chi connectivity index (χ3n) is 5.43. The number of rotatable bonds is 5. The first kappa shape index (κ1) is 18.4. The van der Waals surface area contributed by atoms with Crippen molar-refractivity contribution in [1.29, 1.82) is 0 Å². The van der Waals surface area contributed by atoms with Crippen molar-refractivity contribution < 1.29 is 14.3 Å². The number of carbonyl (C=O) groups is 2.